The molecule has 118 valence electrons. The van der Waals surface area contributed by atoms with Crippen LogP contribution in [-0.2, 0) is 10.0 Å². The zero-order valence-corrected chi connectivity index (χ0v) is 13.2. The largest absolute Gasteiger partial charge is 0.495 e. The summed E-state index contributed by atoms with van der Waals surface area (Å²) in [6.07, 6.45) is 4.47. The van der Waals surface area contributed by atoms with Gasteiger partial charge >= 0.3 is 0 Å². The third-order valence-corrected chi connectivity index (χ3v) is 5.07. The fourth-order valence-corrected chi connectivity index (χ4v) is 3.44. The van der Waals surface area contributed by atoms with Crippen LogP contribution in [0.5, 0.6) is 11.5 Å². The van der Waals surface area contributed by atoms with Crippen molar-refractivity contribution >= 4 is 15.7 Å². The van der Waals surface area contributed by atoms with Crippen molar-refractivity contribution in [1.82, 2.24) is 4.72 Å². The predicted octanol–water partition coefficient (Wildman–Crippen LogP) is 1.75. The maximum Gasteiger partial charge on any atom is 0.244 e. The lowest BCUT2D eigenvalue weighted by molar-refractivity contribution is 0.387. The molecule has 0 atom stereocenters. The maximum atomic E-state index is 12.3. The van der Waals surface area contributed by atoms with E-state index in [4.69, 9.17) is 15.2 Å². The van der Waals surface area contributed by atoms with Crippen LogP contribution in [0.15, 0.2) is 17.0 Å². The molecule has 0 aliphatic heterocycles. The Labute approximate surface area is 125 Å². The van der Waals surface area contributed by atoms with Gasteiger partial charge in [-0.05, 0) is 24.8 Å². The van der Waals surface area contributed by atoms with Crippen LogP contribution in [0.4, 0.5) is 5.69 Å². The van der Waals surface area contributed by atoms with E-state index in [1.807, 2.05) is 0 Å². The Balaban J connectivity index is 2.11. The van der Waals surface area contributed by atoms with Gasteiger partial charge in [0.2, 0.25) is 10.0 Å². The SMILES string of the molecule is COc1cc(OC)c(S(=O)(=O)NCCCC2CC2)cc1N. The summed E-state index contributed by atoms with van der Waals surface area (Å²) >= 11 is 0. The predicted molar refractivity (Wildman–Crippen MR) is 81.1 cm³/mol. The first kappa shape index (κ1) is 15.9. The van der Waals surface area contributed by atoms with E-state index in [1.54, 1.807) is 0 Å². The molecule has 0 unspecified atom stereocenters. The number of methoxy groups -OCH3 is 2. The molecule has 0 amide bonds. The van der Waals surface area contributed by atoms with E-state index in [1.165, 1.54) is 39.2 Å². The monoisotopic (exact) mass is 314 g/mol. The zero-order chi connectivity index (χ0) is 15.5. The Bertz CT molecular complexity index is 597. The molecule has 1 aromatic carbocycles. The van der Waals surface area contributed by atoms with Gasteiger partial charge in [0.05, 0.1) is 19.9 Å². The molecular weight excluding hydrogens is 292 g/mol. The minimum atomic E-state index is -3.64. The van der Waals surface area contributed by atoms with E-state index in [2.05, 4.69) is 4.72 Å². The molecule has 6 nitrogen and oxygen atoms in total. The molecule has 0 radical (unpaired) electrons. The molecule has 1 fully saturated rings. The van der Waals surface area contributed by atoms with Crippen molar-refractivity contribution in [3.63, 3.8) is 0 Å². The molecule has 0 bridgehead atoms. The minimum Gasteiger partial charge on any atom is -0.495 e. The van der Waals surface area contributed by atoms with Crippen molar-refractivity contribution in [3.8, 4) is 11.5 Å². The Morgan fingerprint density at radius 2 is 1.90 bits per heavy atom. The van der Waals surface area contributed by atoms with Gasteiger partial charge in [0.1, 0.15) is 16.4 Å². The highest BCUT2D eigenvalue weighted by Gasteiger charge is 2.23. The number of nitrogens with one attached hydrogen (secondary N) is 1. The van der Waals surface area contributed by atoms with Crippen molar-refractivity contribution in [3.05, 3.63) is 12.1 Å². The second-order valence-corrected chi connectivity index (χ2v) is 6.96. The highest BCUT2D eigenvalue weighted by atomic mass is 32.2. The topological polar surface area (TPSA) is 90.6 Å². The van der Waals surface area contributed by atoms with Crippen molar-refractivity contribution in [1.29, 1.82) is 0 Å². The quantitative estimate of drug-likeness (QED) is 0.563. The normalized spacial score (nSPS) is 15.0. The molecule has 0 saturated heterocycles. The lowest BCUT2D eigenvalue weighted by atomic mass is 10.2. The van der Waals surface area contributed by atoms with Gasteiger partial charge in [-0.3, -0.25) is 0 Å². The molecule has 2 rings (SSSR count). The van der Waals surface area contributed by atoms with Crippen LogP contribution in [0, 0.1) is 5.92 Å². The number of hydrogen-bond acceptors (Lipinski definition) is 5. The summed E-state index contributed by atoms with van der Waals surface area (Å²) in [5, 5.41) is 0. The van der Waals surface area contributed by atoms with E-state index >= 15 is 0 Å². The number of nitrogen functional groups attached to an aromatic ring is 1. The first-order valence-electron chi connectivity index (χ1n) is 6.99. The Morgan fingerprint density at radius 1 is 1.24 bits per heavy atom. The lowest BCUT2D eigenvalue weighted by Crippen LogP contribution is -2.25. The summed E-state index contributed by atoms with van der Waals surface area (Å²) < 4.78 is 37.5. The molecular formula is C14H22N2O4S. The second-order valence-electron chi connectivity index (χ2n) is 5.23. The number of nitrogens with two attached hydrogens (primary N) is 1. The molecule has 3 N–H and O–H groups in total. The Morgan fingerprint density at radius 3 is 2.48 bits per heavy atom. The molecule has 1 saturated carbocycles. The average molecular weight is 314 g/mol. The van der Waals surface area contributed by atoms with Gasteiger partial charge in [-0.2, -0.15) is 0 Å². The zero-order valence-electron chi connectivity index (χ0n) is 12.4. The van der Waals surface area contributed by atoms with Crippen LogP contribution in [0.25, 0.3) is 0 Å². The Kier molecular flexibility index (Phi) is 4.95. The van der Waals surface area contributed by atoms with Crippen LogP contribution in [0.3, 0.4) is 0 Å². The van der Waals surface area contributed by atoms with Gasteiger partial charge in [-0.25, -0.2) is 13.1 Å². The highest BCUT2D eigenvalue weighted by Crippen LogP contribution is 2.34. The summed E-state index contributed by atoms with van der Waals surface area (Å²) in [6, 6.07) is 2.84. The fraction of sp³-hybridized carbons (Fsp3) is 0.571. The van der Waals surface area contributed by atoms with Crippen LogP contribution in [-0.4, -0.2) is 29.2 Å². The van der Waals surface area contributed by atoms with Gasteiger partial charge in [-0.15, -0.1) is 0 Å². The third kappa shape index (κ3) is 4.01. The molecule has 1 aliphatic carbocycles. The van der Waals surface area contributed by atoms with Crippen molar-refractivity contribution in [2.24, 2.45) is 5.92 Å². The minimum absolute atomic E-state index is 0.0368. The maximum absolute atomic E-state index is 12.3. The summed E-state index contributed by atoms with van der Waals surface area (Å²) in [4.78, 5) is 0.0368. The third-order valence-electron chi connectivity index (χ3n) is 3.58. The van der Waals surface area contributed by atoms with Gasteiger partial charge in [0.25, 0.3) is 0 Å². The van der Waals surface area contributed by atoms with E-state index in [-0.39, 0.29) is 16.3 Å². The molecule has 21 heavy (non-hydrogen) atoms. The van der Waals surface area contributed by atoms with Gasteiger partial charge < -0.3 is 15.2 Å². The lowest BCUT2D eigenvalue weighted by Gasteiger charge is -2.13. The molecule has 0 heterocycles. The summed E-state index contributed by atoms with van der Waals surface area (Å²) in [6.45, 7) is 0.425. The van der Waals surface area contributed by atoms with Crippen LogP contribution in [0.1, 0.15) is 25.7 Å². The summed E-state index contributed by atoms with van der Waals surface area (Å²) in [7, 11) is -0.757. The van der Waals surface area contributed by atoms with E-state index in [0.717, 1.165) is 18.8 Å². The van der Waals surface area contributed by atoms with Gasteiger partial charge in [0.15, 0.2) is 0 Å². The second kappa shape index (κ2) is 6.53. The number of rotatable bonds is 8. The number of benzene rings is 1. The van der Waals surface area contributed by atoms with Crippen molar-refractivity contribution < 1.29 is 17.9 Å². The average Bonchev–Trinajstić information content (AvgIpc) is 3.27. The molecule has 0 aromatic heterocycles. The smallest absolute Gasteiger partial charge is 0.244 e. The highest BCUT2D eigenvalue weighted by molar-refractivity contribution is 7.89. The standard InChI is InChI=1S/C14H22N2O4S/c1-19-12-9-13(20-2)14(8-11(12)15)21(17,18)16-7-3-4-10-5-6-10/h8-10,16H,3-7,15H2,1-2H3. The van der Waals surface area contributed by atoms with Gasteiger partial charge in [0, 0.05) is 12.6 Å². The number of sulfonamides is 1. The Hall–Kier alpha value is -1.47. The molecule has 7 heteroatoms. The van der Waals surface area contributed by atoms with E-state index in [0.29, 0.717) is 12.3 Å². The first-order chi connectivity index (χ1) is 9.97. The molecule has 1 aromatic rings. The number of anilines is 1. The summed E-state index contributed by atoms with van der Waals surface area (Å²) in [5.41, 5.74) is 6.04. The van der Waals surface area contributed by atoms with Crippen LogP contribution >= 0.6 is 0 Å². The van der Waals surface area contributed by atoms with Crippen LogP contribution in [0.2, 0.25) is 0 Å². The summed E-state index contributed by atoms with van der Waals surface area (Å²) in [5.74, 6) is 1.40. The number of ether oxygens (including phenoxy) is 2. The first-order valence-corrected chi connectivity index (χ1v) is 8.47. The van der Waals surface area contributed by atoms with E-state index < -0.39 is 10.0 Å². The van der Waals surface area contributed by atoms with E-state index in [9.17, 15) is 8.42 Å². The van der Waals surface area contributed by atoms with Crippen LogP contribution < -0.4 is 19.9 Å². The molecule has 1 aliphatic rings. The van der Waals surface area contributed by atoms with Gasteiger partial charge in [-0.1, -0.05) is 12.8 Å². The fourth-order valence-electron chi connectivity index (χ4n) is 2.18. The van der Waals surface area contributed by atoms with Crippen molar-refractivity contribution in [2.45, 2.75) is 30.6 Å². The molecule has 0 spiro atoms. The van der Waals surface area contributed by atoms with Crippen molar-refractivity contribution in [2.75, 3.05) is 26.5 Å². The number of hydrogen-bond donors (Lipinski definition) is 2.